The van der Waals surface area contributed by atoms with Crippen molar-refractivity contribution in [3.05, 3.63) is 58.7 Å². The fraction of sp³-hybridized carbons (Fsp3) is 0.318. The average Bonchev–Trinajstić information content (AvgIpc) is 2.97. The molecule has 1 saturated heterocycles. The van der Waals surface area contributed by atoms with Crippen LogP contribution in [0.5, 0.6) is 5.75 Å². The number of amides is 1. The Morgan fingerprint density at radius 2 is 1.71 bits per heavy atom. The Kier molecular flexibility index (Phi) is 4.94. The van der Waals surface area contributed by atoms with Crippen LogP contribution < -0.4 is 9.64 Å². The minimum Gasteiger partial charge on any atom is -0.497 e. The topological polar surface area (TPSA) is 37.7 Å². The Balaban J connectivity index is 1.52. The largest absolute Gasteiger partial charge is 0.497 e. The predicted molar refractivity (Wildman–Crippen MR) is 114 cm³/mol. The molecule has 2 heterocycles. The number of aromatic nitrogens is 1. The molecular weight excluding hydrogens is 374 g/mol. The summed E-state index contributed by atoms with van der Waals surface area (Å²) in [6.07, 6.45) is 0. The number of carbonyl (C=O) groups excluding carboxylic acids is 1. The summed E-state index contributed by atoms with van der Waals surface area (Å²) in [5.41, 5.74) is 3.92. The third-order valence-corrected chi connectivity index (χ3v) is 5.86. The Bertz CT molecular complexity index is 1020. The summed E-state index contributed by atoms with van der Waals surface area (Å²) in [7, 11) is 3.62. The van der Waals surface area contributed by atoms with E-state index in [1.54, 1.807) is 7.11 Å². The third-order valence-electron chi connectivity index (χ3n) is 5.62. The van der Waals surface area contributed by atoms with Crippen molar-refractivity contribution in [1.82, 2.24) is 9.47 Å². The van der Waals surface area contributed by atoms with E-state index in [-0.39, 0.29) is 5.91 Å². The number of halogens is 1. The van der Waals surface area contributed by atoms with Gasteiger partial charge < -0.3 is 19.1 Å². The van der Waals surface area contributed by atoms with E-state index in [0.717, 1.165) is 46.7 Å². The molecule has 1 aliphatic rings. The zero-order valence-electron chi connectivity index (χ0n) is 16.4. The van der Waals surface area contributed by atoms with Crippen LogP contribution in [0.2, 0.25) is 5.02 Å². The molecule has 0 saturated carbocycles. The highest BCUT2D eigenvalue weighted by Gasteiger charge is 2.26. The summed E-state index contributed by atoms with van der Waals surface area (Å²) in [6, 6.07) is 13.8. The molecule has 1 aromatic heterocycles. The van der Waals surface area contributed by atoms with Crippen LogP contribution in [0, 0.1) is 6.92 Å². The number of piperazine rings is 1. The van der Waals surface area contributed by atoms with Gasteiger partial charge in [-0.1, -0.05) is 11.6 Å². The first-order valence-electron chi connectivity index (χ1n) is 9.42. The van der Waals surface area contributed by atoms with Gasteiger partial charge in [-0.15, -0.1) is 0 Å². The molecule has 0 aliphatic carbocycles. The Morgan fingerprint density at radius 1 is 1.04 bits per heavy atom. The zero-order valence-corrected chi connectivity index (χ0v) is 17.2. The van der Waals surface area contributed by atoms with Crippen LogP contribution in [0.15, 0.2) is 42.5 Å². The number of benzene rings is 2. The van der Waals surface area contributed by atoms with Crippen molar-refractivity contribution in [2.45, 2.75) is 6.92 Å². The predicted octanol–water partition coefficient (Wildman–Crippen LogP) is 4.11. The molecule has 0 radical (unpaired) electrons. The summed E-state index contributed by atoms with van der Waals surface area (Å²) in [6.45, 7) is 5.03. The Labute approximate surface area is 170 Å². The first-order chi connectivity index (χ1) is 13.5. The molecule has 3 aromatic rings. The summed E-state index contributed by atoms with van der Waals surface area (Å²) in [5.74, 6) is 0.936. The fourth-order valence-corrected chi connectivity index (χ4v) is 4.19. The lowest BCUT2D eigenvalue weighted by Gasteiger charge is -2.36. The SMILES string of the molecule is COc1ccc(N2CCN(C(=O)c3c(C)c4cc(Cl)ccc4n3C)CC2)cc1. The molecule has 0 spiro atoms. The first-order valence-corrected chi connectivity index (χ1v) is 9.80. The number of nitrogens with zero attached hydrogens (tertiary/aromatic N) is 3. The first kappa shape index (κ1) is 18.7. The van der Waals surface area contributed by atoms with Gasteiger partial charge in [-0.3, -0.25) is 4.79 Å². The summed E-state index contributed by atoms with van der Waals surface area (Å²) in [5, 5.41) is 1.73. The van der Waals surface area contributed by atoms with Crippen molar-refractivity contribution in [2.24, 2.45) is 7.05 Å². The van der Waals surface area contributed by atoms with Gasteiger partial charge in [0, 0.05) is 54.8 Å². The number of fused-ring (bicyclic) bond motifs is 1. The van der Waals surface area contributed by atoms with Crippen LogP contribution in [0.25, 0.3) is 10.9 Å². The molecule has 146 valence electrons. The number of rotatable bonds is 3. The van der Waals surface area contributed by atoms with Crippen LogP contribution >= 0.6 is 11.6 Å². The quantitative estimate of drug-likeness (QED) is 0.667. The van der Waals surface area contributed by atoms with Gasteiger partial charge in [0.2, 0.25) is 0 Å². The maximum atomic E-state index is 13.3. The number of anilines is 1. The molecule has 0 bridgehead atoms. The number of carbonyl (C=O) groups is 1. The second-order valence-electron chi connectivity index (χ2n) is 7.17. The molecule has 4 rings (SSSR count). The van der Waals surface area contributed by atoms with E-state index in [1.807, 2.05) is 53.8 Å². The van der Waals surface area contributed by atoms with E-state index >= 15 is 0 Å². The third kappa shape index (κ3) is 3.20. The van der Waals surface area contributed by atoms with E-state index in [2.05, 4.69) is 17.0 Å². The number of methoxy groups -OCH3 is 1. The summed E-state index contributed by atoms with van der Waals surface area (Å²) in [4.78, 5) is 17.5. The van der Waals surface area contributed by atoms with Gasteiger partial charge in [0.05, 0.1) is 7.11 Å². The van der Waals surface area contributed by atoms with Crippen LogP contribution in [-0.2, 0) is 7.05 Å². The molecule has 0 unspecified atom stereocenters. The number of hydrogen-bond acceptors (Lipinski definition) is 3. The normalized spacial score (nSPS) is 14.6. The number of hydrogen-bond donors (Lipinski definition) is 0. The molecule has 28 heavy (non-hydrogen) atoms. The summed E-state index contributed by atoms with van der Waals surface area (Å²) < 4.78 is 7.21. The second-order valence-corrected chi connectivity index (χ2v) is 7.61. The monoisotopic (exact) mass is 397 g/mol. The highest BCUT2D eigenvalue weighted by molar-refractivity contribution is 6.31. The van der Waals surface area contributed by atoms with Gasteiger partial charge in [0.15, 0.2) is 0 Å². The number of ether oxygens (including phenoxy) is 1. The molecule has 6 heteroatoms. The Hall–Kier alpha value is -2.66. The van der Waals surface area contributed by atoms with E-state index in [1.165, 1.54) is 0 Å². The smallest absolute Gasteiger partial charge is 0.270 e. The van der Waals surface area contributed by atoms with Gasteiger partial charge in [0.25, 0.3) is 5.91 Å². The van der Waals surface area contributed by atoms with Crippen molar-refractivity contribution >= 4 is 34.1 Å². The van der Waals surface area contributed by atoms with Crippen molar-refractivity contribution in [2.75, 3.05) is 38.2 Å². The van der Waals surface area contributed by atoms with Crippen LogP contribution in [0.4, 0.5) is 5.69 Å². The maximum absolute atomic E-state index is 13.3. The molecule has 0 atom stereocenters. The van der Waals surface area contributed by atoms with Crippen molar-refractivity contribution in [1.29, 1.82) is 0 Å². The van der Waals surface area contributed by atoms with Gasteiger partial charge in [-0.05, 0) is 55.0 Å². The highest BCUT2D eigenvalue weighted by Crippen LogP contribution is 2.29. The van der Waals surface area contributed by atoms with Gasteiger partial charge in [-0.25, -0.2) is 0 Å². The number of aryl methyl sites for hydroxylation is 2. The average molecular weight is 398 g/mol. The minimum atomic E-state index is 0.0849. The lowest BCUT2D eigenvalue weighted by atomic mass is 10.1. The molecule has 1 amide bonds. The maximum Gasteiger partial charge on any atom is 0.270 e. The molecule has 1 fully saturated rings. The lowest BCUT2D eigenvalue weighted by molar-refractivity contribution is 0.0737. The van der Waals surface area contributed by atoms with Gasteiger partial charge in [-0.2, -0.15) is 0 Å². The second kappa shape index (κ2) is 7.40. The fourth-order valence-electron chi connectivity index (χ4n) is 4.02. The Morgan fingerprint density at radius 3 is 2.36 bits per heavy atom. The van der Waals surface area contributed by atoms with Gasteiger partial charge >= 0.3 is 0 Å². The minimum absolute atomic E-state index is 0.0849. The zero-order chi connectivity index (χ0) is 19.8. The molecule has 5 nitrogen and oxygen atoms in total. The van der Waals surface area contributed by atoms with Crippen LogP contribution in [0.1, 0.15) is 16.1 Å². The molecular formula is C22H24ClN3O2. The van der Waals surface area contributed by atoms with Crippen molar-refractivity contribution < 1.29 is 9.53 Å². The lowest BCUT2D eigenvalue weighted by Crippen LogP contribution is -2.49. The van der Waals surface area contributed by atoms with Gasteiger partial charge in [0.1, 0.15) is 11.4 Å². The van der Waals surface area contributed by atoms with E-state index in [0.29, 0.717) is 18.1 Å². The van der Waals surface area contributed by atoms with Crippen molar-refractivity contribution in [3.8, 4) is 5.75 Å². The molecule has 0 N–H and O–H groups in total. The summed E-state index contributed by atoms with van der Waals surface area (Å²) >= 11 is 6.16. The van der Waals surface area contributed by atoms with Crippen molar-refractivity contribution in [3.63, 3.8) is 0 Å². The standard InChI is InChI=1S/C22H24ClN3O2/c1-15-19-14-16(23)4-9-20(19)24(2)21(15)22(27)26-12-10-25(11-13-26)17-5-7-18(28-3)8-6-17/h4-9,14H,10-13H2,1-3H3. The molecule has 2 aromatic carbocycles. The molecule has 1 aliphatic heterocycles. The van der Waals surface area contributed by atoms with E-state index < -0.39 is 0 Å². The van der Waals surface area contributed by atoms with E-state index in [4.69, 9.17) is 16.3 Å². The highest BCUT2D eigenvalue weighted by atomic mass is 35.5. The van der Waals surface area contributed by atoms with E-state index in [9.17, 15) is 4.79 Å². The van der Waals surface area contributed by atoms with Crippen LogP contribution in [0.3, 0.4) is 0 Å². The van der Waals surface area contributed by atoms with Crippen LogP contribution in [-0.4, -0.2) is 48.7 Å².